The number of hydrogen-bond donors (Lipinski definition) is 2. The third-order valence-corrected chi connectivity index (χ3v) is 3.26. The Morgan fingerprint density at radius 2 is 1.89 bits per heavy atom. The zero-order valence-electron chi connectivity index (χ0n) is 10.5. The molecule has 100 valence electrons. The van der Waals surface area contributed by atoms with Crippen molar-refractivity contribution < 1.29 is 9.50 Å². The Labute approximate surface area is 116 Å². The summed E-state index contributed by atoms with van der Waals surface area (Å²) in [6.45, 7) is 2.40. The predicted molar refractivity (Wildman–Crippen MR) is 74.8 cm³/mol. The van der Waals surface area contributed by atoms with E-state index in [4.69, 9.17) is 11.6 Å². The molecule has 0 aromatic heterocycles. The Morgan fingerprint density at radius 3 is 2.58 bits per heavy atom. The highest BCUT2D eigenvalue weighted by molar-refractivity contribution is 6.30. The van der Waals surface area contributed by atoms with Crippen LogP contribution in [0.25, 0.3) is 0 Å². The van der Waals surface area contributed by atoms with Gasteiger partial charge in [-0.2, -0.15) is 0 Å². The lowest BCUT2D eigenvalue weighted by Gasteiger charge is -2.15. The average molecular weight is 280 g/mol. The monoisotopic (exact) mass is 279 g/mol. The second-order valence-electron chi connectivity index (χ2n) is 4.43. The smallest absolute Gasteiger partial charge is 0.123 e. The van der Waals surface area contributed by atoms with Gasteiger partial charge in [0, 0.05) is 23.2 Å². The van der Waals surface area contributed by atoms with Gasteiger partial charge in [0.05, 0.1) is 0 Å². The van der Waals surface area contributed by atoms with Crippen molar-refractivity contribution in [3.63, 3.8) is 0 Å². The maximum atomic E-state index is 13.1. The SMILES string of the molecule is C[C@H](NCc1cc(F)ccc1O)c1ccc(Cl)cc1. The molecule has 19 heavy (non-hydrogen) atoms. The highest BCUT2D eigenvalue weighted by atomic mass is 35.5. The Kier molecular flexibility index (Phi) is 4.40. The summed E-state index contributed by atoms with van der Waals surface area (Å²) in [6.07, 6.45) is 0. The van der Waals surface area contributed by atoms with Gasteiger partial charge in [-0.25, -0.2) is 4.39 Å². The minimum Gasteiger partial charge on any atom is -0.508 e. The van der Waals surface area contributed by atoms with Gasteiger partial charge in [0.2, 0.25) is 0 Å². The Balaban J connectivity index is 2.02. The van der Waals surface area contributed by atoms with Crippen LogP contribution in [0, 0.1) is 5.82 Å². The molecule has 0 saturated heterocycles. The van der Waals surface area contributed by atoms with E-state index in [1.807, 2.05) is 31.2 Å². The van der Waals surface area contributed by atoms with Crippen molar-refractivity contribution in [3.05, 3.63) is 64.4 Å². The summed E-state index contributed by atoms with van der Waals surface area (Å²) in [4.78, 5) is 0. The van der Waals surface area contributed by atoms with E-state index >= 15 is 0 Å². The molecule has 0 heterocycles. The minimum atomic E-state index is -0.353. The van der Waals surface area contributed by atoms with E-state index in [-0.39, 0.29) is 17.6 Å². The molecular weight excluding hydrogens is 265 g/mol. The first-order chi connectivity index (χ1) is 9.06. The molecule has 0 amide bonds. The Hall–Kier alpha value is -1.58. The predicted octanol–water partition coefficient (Wildman–Crippen LogP) is 4.04. The first-order valence-electron chi connectivity index (χ1n) is 6.02. The number of benzene rings is 2. The lowest BCUT2D eigenvalue weighted by atomic mass is 10.1. The van der Waals surface area contributed by atoms with Gasteiger partial charge in [-0.05, 0) is 42.8 Å². The van der Waals surface area contributed by atoms with Gasteiger partial charge in [0.15, 0.2) is 0 Å². The van der Waals surface area contributed by atoms with Gasteiger partial charge in [-0.1, -0.05) is 23.7 Å². The summed E-state index contributed by atoms with van der Waals surface area (Å²) in [5, 5.41) is 13.6. The van der Waals surface area contributed by atoms with E-state index in [1.165, 1.54) is 18.2 Å². The van der Waals surface area contributed by atoms with Crippen LogP contribution < -0.4 is 5.32 Å². The van der Waals surface area contributed by atoms with Gasteiger partial charge in [-0.3, -0.25) is 0 Å². The lowest BCUT2D eigenvalue weighted by molar-refractivity contribution is 0.457. The molecular formula is C15H15ClFNO. The third-order valence-electron chi connectivity index (χ3n) is 3.01. The largest absolute Gasteiger partial charge is 0.508 e. The van der Waals surface area contributed by atoms with E-state index in [0.717, 1.165) is 5.56 Å². The molecule has 2 aromatic carbocycles. The maximum absolute atomic E-state index is 13.1. The average Bonchev–Trinajstić information content (AvgIpc) is 2.40. The maximum Gasteiger partial charge on any atom is 0.123 e. The highest BCUT2D eigenvalue weighted by Gasteiger charge is 2.07. The van der Waals surface area contributed by atoms with Crippen molar-refractivity contribution in [2.45, 2.75) is 19.5 Å². The minimum absolute atomic E-state index is 0.0833. The number of nitrogens with one attached hydrogen (secondary N) is 1. The molecule has 0 bridgehead atoms. The van der Waals surface area contributed by atoms with Gasteiger partial charge >= 0.3 is 0 Å². The first kappa shape index (κ1) is 13.8. The van der Waals surface area contributed by atoms with Crippen LogP contribution in [0.15, 0.2) is 42.5 Å². The fourth-order valence-electron chi connectivity index (χ4n) is 1.83. The van der Waals surface area contributed by atoms with Crippen LogP contribution in [0.2, 0.25) is 5.02 Å². The Morgan fingerprint density at radius 1 is 1.21 bits per heavy atom. The van der Waals surface area contributed by atoms with Crippen LogP contribution in [0.4, 0.5) is 4.39 Å². The van der Waals surface area contributed by atoms with Crippen LogP contribution in [0.1, 0.15) is 24.1 Å². The quantitative estimate of drug-likeness (QED) is 0.885. The number of halogens is 2. The number of aromatic hydroxyl groups is 1. The van der Waals surface area contributed by atoms with E-state index in [2.05, 4.69) is 5.32 Å². The van der Waals surface area contributed by atoms with Crippen LogP contribution >= 0.6 is 11.6 Å². The van der Waals surface area contributed by atoms with E-state index in [0.29, 0.717) is 17.1 Å². The van der Waals surface area contributed by atoms with Crippen LogP contribution in [0.5, 0.6) is 5.75 Å². The zero-order valence-corrected chi connectivity index (χ0v) is 11.3. The van der Waals surface area contributed by atoms with Crippen molar-refractivity contribution in [1.82, 2.24) is 5.32 Å². The molecule has 4 heteroatoms. The van der Waals surface area contributed by atoms with Crippen molar-refractivity contribution in [2.24, 2.45) is 0 Å². The number of phenolic OH excluding ortho intramolecular Hbond substituents is 1. The van der Waals surface area contributed by atoms with Crippen molar-refractivity contribution in [2.75, 3.05) is 0 Å². The van der Waals surface area contributed by atoms with E-state index in [1.54, 1.807) is 0 Å². The van der Waals surface area contributed by atoms with Crippen molar-refractivity contribution in [3.8, 4) is 5.75 Å². The molecule has 2 rings (SSSR count). The lowest BCUT2D eigenvalue weighted by Crippen LogP contribution is -2.18. The summed E-state index contributed by atoms with van der Waals surface area (Å²) < 4.78 is 13.1. The molecule has 1 atom stereocenters. The molecule has 0 saturated carbocycles. The second-order valence-corrected chi connectivity index (χ2v) is 4.86. The summed E-state index contributed by atoms with van der Waals surface area (Å²) in [5.41, 5.74) is 1.63. The van der Waals surface area contributed by atoms with Gasteiger partial charge in [0.1, 0.15) is 11.6 Å². The number of phenols is 1. The summed E-state index contributed by atoms with van der Waals surface area (Å²) in [7, 11) is 0. The molecule has 2 nitrogen and oxygen atoms in total. The molecule has 0 aliphatic heterocycles. The van der Waals surface area contributed by atoms with E-state index in [9.17, 15) is 9.50 Å². The normalized spacial score (nSPS) is 12.4. The molecule has 0 spiro atoms. The standard InChI is InChI=1S/C15H15ClFNO/c1-10(11-2-4-13(16)5-3-11)18-9-12-8-14(17)6-7-15(12)19/h2-8,10,18-19H,9H2,1H3/t10-/m0/s1. The Bertz CT molecular complexity index is 557. The molecule has 0 unspecified atom stereocenters. The second kappa shape index (κ2) is 6.04. The highest BCUT2D eigenvalue weighted by Crippen LogP contribution is 2.20. The van der Waals surface area contributed by atoms with Crippen LogP contribution in [0.3, 0.4) is 0 Å². The summed E-state index contributed by atoms with van der Waals surface area (Å²) in [6, 6.07) is 11.5. The fourth-order valence-corrected chi connectivity index (χ4v) is 1.95. The van der Waals surface area contributed by atoms with Gasteiger partial charge in [-0.15, -0.1) is 0 Å². The van der Waals surface area contributed by atoms with Crippen LogP contribution in [-0.2, 0) is 6.54 Å². The van der Waals surface area contributed by atoms with E-state index < -0.39 is 0 Å². The molecule has 0 aliphatic carbocycles. The fraction of sp³-hybridized carbons (Fsp3) is 0.200. The molecule has 0 aliphatic rings. The van der Waals surface area contributed by atoms with Crippen molar-refractivity contribution >= 4 is 11.6 Å². The molecule has 2 N–H and O–H groups in total. The molecule has 0 radical (unpaired) electrons. The molecule has 0 fully saturated rings. The van der Waals surface area contributed by atoms with Gasteiger partial charge in [0.25, 0.3) is 0 Å². The van der Waals surface area contributed by atoms with Crippen molar-refractivity contribution in [1.29, 1.82) is 0 Å². The first-order valence-corrected chi connectivity index (χ1v) is 6.40. The summed E-state index contributed by atoms with van der Waals surface area (Å²) >= 11 is 5.83. The van der Waals surface area contributed by atoms with Gasteiger partial charge < -0.3 is 10.4 Å². The number of rotatable bonds is 4. The third kappa shape index (κ3) is 3.69. The molecule has 2 aromatic rings. The zero-order chi connectivity index (χ0) is 13.8. The number of hydrogen-bond acceptors (Lipinski definition) is 2. The van der Waals surface area contributed by atoms with Crippen LogP contribution in [-0.4, -0.2) is 5.11 Å². The topological polar surface area (TPSA) is 32.3 Å². The summed E-state index contributed by atoms with van der Waals surface area (Å²) in [5.74, 6) is -0.258.